The highest BCUT2D eigenvalue weighted by molar-refractivity contribution is 7.89. The van der Waals surface area contributed by atoms with Crippen molar-refractivity contribution in [2.45, 2.75) is 43.5 Å². The first-order valence-corrected chi connectivity index (χ1v) is 11.1. The van der Waals surface area contributed by atoms with Crippen molar-refractivity contribution in [3.8, 4) is 17.2 Å². The second-order valence-corrected chi connectivity index (χ2v) is 8.91. The molecule has 0 saturated carbocycles. The van der Waals surface area contributed by atoms with E-state index in [0.29, 0.717) is 30.5 Å². The van der Waals surface area contributed by atoms with Crippen molar-refractivity contribution in [3.05, 3.63) is 47.0 Å². The highest BCUT2D eigenvalue weighted by Gasteiger charge is 2.26. The van der Waals surface area contributed by atoms with Crippen LogP contribution in [-0.4, -0.2) is 28.7 Å². The summed E-state index contributed by atoms with van der Waals surface area (Å²) < 4.78 is 45.6. The highest BCUT2D eigenvalue weighted by atomic mass is 32.2. The van der Waals surface area contributed by atoms with E-state index in [0.717, 1.165) is 36.8 Å². The van der Waals surface area contributed by atoms with Crippen LogP contribution in [0.25, 0.3) is 0 Å². The van der Waals surface area contributed by atoms with E-state index in [2.05, 4.69) is 4.72 Å². The number of aryl methyl sites for hydroxylation is 2. The van der Waals surface area contributed by atoms with Gasteiger partial charge in [0, 0.05) is 6.04 Å². The molecule has 0 amide bonds. The third-order valence-electron chi connectivity index (χ3n) is 5.32. The molecule has 6 nitrogen and oxygen atoms in total. The van der Waals surface area contributed by atoms with Crippen LogP contribution in [-0.2, 0) is 22.9 Å². The summed E-state index contributed by atoms with van der Waals surface area (Å²) in [7, 11) is -2.24. The van der Waals surface area contributed by atoms with Crippen molar-refractivity contribution in [1.29, 1.82) is 0 Å². The van der Waals surface area contributed by atoms with Gasteiger partial charge in [0.2, 0.25) is 10.0 Å². The van der Waals surface area contributed by atoms with Gasteiger partial charge in [-0.2, -0.15) is 0 Å². The Morgan fingerprint density at radius 1 is 1.00 bits per heavy atom. The number of methoxy groups -OCH3 is 1. The summed E-state index contributed by atoms with van der Waals surface area (Å²) in [6, 6.07) is 8.70. The summed E-state index contributed by atoms with van der Waals surface area (Å²) in [5.41, 5.74) is 3.09. The summed E-state index contributed by atoms with van der Waals surface area (Å²) >= 11 is 0. The normalized spacial score (nSPS) is 16.9. The standard InChI is InChI=1S/C21H25NO5S/c1-14(15-7-8-18-19(11-15)27-10-9-26-18)22-28(23,24)21-13-17-6-4-3-5-16(17)12-20(21)25-2/h7-8,11-14,22H,3-6,9-10H2,1-2H3/t14-/m1/s1. The fourth-order valence-electron chi connectivity index (χ4n) is 3.80. The number of hydrogen-bond donors (Lipinski definition) is 1. The van der Waals surface area contributed by atoms with Gasteiger partial charge >= 0.3 is 0 Å². The van der Waals surface area contributed by atoms with Crippen LogP contribution in [0.4, 0.5) is 0 Å². The monoisotopic (exact) mass is 403 g/mol. The van der Waals surface area contributed by atoms with E-state index in [9.17, 15) is 8.42 Å². The molecular formula is C21H25NO5S. The lowest BCUT2D eigenvalue weighted by Gasteiger charge is -2.22. The number of nitrogens with one attached hydrogen (secondary N) is 1. The van der Waals surface area contributed by atoms with Crippen LogP contribution in [0.5, 0.6) is 17.2 Å². The van der Waals surface area contributed by atoms with E-state index < -0.39 is 16.1 Å². The molecule has 0 radical (unpaired) electrons. The minimum Gasteiger partial charge on any atom is -0.495 e. The van der Waals surface area contributed by atoms with Gasteiger partial charge in [0.05, 0.1) is 7.11 Å². The fourth-order valence-corrected chi connectivity index (χ4v) is 5.24. The predicted octanol–water partition coefficient (Wildman–Crippen LogP) is 3.38. The topological polar surface area (TPSA) is 73.9 Å². The van der Waals surface area contributed by atoms with E-state index >= 15 is 0 Å². The summed E-state index contributed by atoms with van der Waals surface area (Å²) in [4.78, 5) is 0.194. The molecule has 28 heavy (non-hydrogen) atoms. The van der Waals surface area contributed by atoms with E-state index in [1.54, 1.807) is 6.07 Å². The average Bonchev–Trinajstić information content (AvgIpc) is 2.72. The zero-order valence-electron chi connectivity index (χ0n) is 16.2. The number of hydrogen-bond acceptors (Lipinski definition) is 5. The molecule has 150 valence electrons. The number of benzene rings is 2. The van der Waals surface area contributed by atoms with E-state index in [4.69, 9.17) is 14.2 Å². The number of ether oxygens (including phenoxy) is 3. The van der Waals surface area contributed by atoms with Crippen LogP contribution in [0.2, 0.25) is 0 Å². The lowest BCUT2D eigenvalue weighted by molar-refractivity contribution is 0.171. The van der Waals surface area contributed by atoms with Crippen molar-refractivity contribution in [2.75, 3.05) is 20.3 Å². The Labute approximate surface area is 165 Å². The third kappa shape index (κ3) is 3.69. The van der Waals surface area contributed by atoms with Crippen molar-refractivity contribution in [2.24, 2.45) is 0 Å². The molecule has 2 aliphatic rings. The molecule has 0 saturated heterocycles. The first-order chi connectivity index (χ1) is 13.5. The molecule has 2 aromatic rings. The summed E-state index contributed by atoms with van der Waals surface area (Å²) in [5, 5.41) is 0. The minimum absolute atomic E-state index is 0.194. The van der Waals surface area contributed by atoms with Gasteiger partial charge in [-0.3, -0.25) is 0 Å². The number of fused-ring (bicyclic) bond motifs is 2. The van der Waals surface area contributed by atoms with Gasteiger partial charge in [-0.1, -0.05) is 6.07 Å². The average molecular weight is 404 g/mol. The molecule has 1 aliphatic carbocycles. The molecule has 0 unspecified atom stereocenters. The third-order valence-corrected chi connectivity index (χ3v) is 6.88. The Balaban J connectivity index is 1.62. The second kappa shape index (κ2) is 7.64. The molecule has 0 fully saturated rings. The first-order valence-electron chi connectivity index (χ1n) is 9.59. The summed E-state index contributed by atoms with van der Waals surface area (Å²) in [6.07, 6.45) is 4.08. The Kier molecular flexibility index (Phi) is 5.21. The Bertz CT molecular complexity index is 987. The smallest absolute Gasteiger partial charge is 0.244 e. The fraction of sp³-hybridized carbons (Fsp3) is 0.429. The molecular weight excluding hydrogens is 378 g/mol. The molecule has 0 bridgehead atoms. The molecule has 0 spiro atoms. The molecule has 2 aromatic carbocycles. The Morgan fingerprint density at radius 3 is 2.39 bits per heavy atom. The predicted molar refractivity (Wildman–Crippen MR) is 106 cm³/mol. The molecule has 4 rings (SSSR count). The van der Waals surface area contributed by atoms with Crippen molar-refractivity contribution < 1.29 is 22.6 Å². The molecule has 1 atom stereocenters. The van der Waals surface area contributed by atoms with Gasteiger partial charge in [0.1, 0.15) is 23.9 Å². The molecule has 1 aliphatic heterocycles. The maximum absolute atomic E-state index is 13.1. The molecule has 7 heteroatoms. The van der Waals surface area contributed by atoms with Crippen LogP contribution < -0.4 is 18.9 Å². The van der Waals surface area contributed by atoms with E-state index in [1.165, 1.54) is 12.7 Å². The van der Waals surface area contributed by atoms with Crippen LogP contribution in [0.3, 0.4) is 0 Å². The van der Waals surface area contributed by atoms with Gasteiger partial charge < -0.3 is 14.2 Å². The van der Waals surface area contributed by atoms with Crippen LogP contribution in [0.15, 0.2) is 35.2 Å². The van der Waals surface area contributed by atoms with E-state index in [-0.39, 0.29) is 4.90 Å². The second-order valence-electron chi connectivity index (χ2n) is 7.22. The van der Waals surface area contributed by atoms with Gasteiger partial charge in [-0.25, -0.2) is 13.1 Å². The largest absolute Gasteiger partial charge is 0.495 e. The van der Waals surface area contributed by atoms with Gasteiger partial charge in [-0.15, -0.1) is 0 Å². The number of rotatable bonds is 5. The van der Waals surface area contributed by atoms with E-state index in [1.807, 2.05) is 31.2 Å². The molecule has 0 aromatic heterocycles. The quantitative estimate of drug-likeness (QED) is 0.828. The lowest BCUT2D eigenvalue weighted by Crippen LogP contribution is -2.28. The Morgan fingerprint density at radius 2 is 1.68 bits per heavy atom. The first kappa shape index (κ1) is 19.1. The molecule has 1 heterocycles. The van der Waals surface area contributed by atoms with Crippen molar-refractivity contribution in [1.82, 2.24) is 4.72 Å². The minimum atomic E-state index is -3.75. The SMILES string of the molecule is COc1cc2c(cc1S(=O)(=O)N[C@H](C)c1ccc3c(c1)OCCO3)CCCC2. The van der Waals surface area contributed by atoms with Crippen LogP contribution in [0.1, 0.15) is 42.5 Å². The molecule has 1 N–H and O–H groups in total. The maximum Gasteiger partial charge on any atom is 0.244 e. The Hall–Kier alpha value is -2.25. The summed E-state index contributed by atoms with van der Waals surface area (Å²) in [5.74, 6) is 1.71. The number of sulfonamides is 1. The maximum atomic E-state index is 13.1. The van der Waals surface area contributed by atoms with Gasteiger partial charge in [0.15, 0.2) is 11.5 Å². The van der Waals surface area contributed by atoms with Gasteiger partial charge in [0.25, 0.3) is 0 Å². The zero-order chi connectivity index (χ0) is 19.7. The summed E-state index contributed by atoms with van der Waals surface area (Å²) in [6.45, 7) is 2.82. The van der Waals surface area contributed by atoms with Gasteiger partial charge in [-0.05, 0) is 73.6 Å². The van der Waals surface area contributed by atoms with Crippen LogP contribution >= 0.6 is 0 Å². The highest BCUT2D eigenvalue weighted by Crippen LogP contribution is 2.35. The van der Waals surface area contributed by atoms with Crippen molar-refractivity contribution >= 4 is 10.0 Å². The van der Waals surface area contributed by atoms with Crippen LogP contribution in [0, 0.1) is 0 Å². The lowest BCUT2D eigenvalue weighted by atomic mass is 9.92. The van der Waals surface area contributed by atoms with Crippen molar-refractivity contribution in [3.63, 3.8) is 0 Å². The zero-order valence-corrected chi connectivity index (χ0v) is 17.0.